The van der Waals surface area contributed by atoms with Gasteiger partial charge in [-0.1, -0.05) is 23.7 Å². The van der Waals surface area contributed by atoms with Crippen LogP contribution in [-0.4, -0.2) is 25.5 Å². The van der Waals surface area contributed by atoms with Crippen molar-refractivity contribution in [3.8, 4) is 0 Å². The van der Waals surface area contributed by atoms with Crippen LogP contribution in [0.1, 0.15) is 10.4 Å². The topological polar surface area (TPSA) is 67.4 Å². The van der Waals surface area contributed by atoms with Gasteiger partial charge in [-0.3, -0.25) is 4.79 Å². The highest BCUT2D eigenvalue weighted by atomic mass is 35.5. The van der Waals surface area contributed by atoms with E-state index in [0.29, 0.717) is 11.3 Å². The average molecular weight is 337 g/mol. The molecule has 0 atom stereocenters. The van der Waals surface area contributed by atoms with Crippen LogP contribution in [0, 0.1) is 5.82 Å². The first-order chi connectivity index (χ1) is 11.0. The third-order valence-corrected chi connectivity index (χ3v) is 3.19. The molecule has 0 aliphatic rings. The summed E-state index contributed by atoms with van der Waals surface area (Å²) in [4.78, 5) is 23.7. The maximum absolute atomic E-state index is 13.6. The van der Waals surface area contributed by atoms with Gasteiger partial charge in [0.25, 0.3) is 5.91 Å². The fourth-order valence-electron chi connectivity index (χ4n) is 1.87. The summed E-state index contributed by atoms with van der Waals surface area (Å²) in [7, 11) is 1.67. The number of halogens is 2. The van der Waals surface area contributed by atoms with Gasteiger partial charge >= 0.3 is 5.97 Å². The number of esters is 1. The van der Waals surface area contributed by atoms with Crippen molar-refractivity contribution < 1.29 is 18.7 Å². The van der Waals surface area contributed by atoms with Crippen LogP contribution in [0.15, 0.2) is 42.5 Å². The van der Waals surface area contributed by atoms with Gasteiger partial charge < -0.3 is 15.4 Å². The summed E-state index contributed by atoms with van der Waals surface area (Å²) in [6.45, 7) is -0.529. The number of hydrogen-bond donors (Lipinski definition) is 2. The lowest BCUT2D eigenvalue weighted by molar-refractivity contribution is -0.119. The number of amides is 1. The molecule has 0 spiro atoms. The van der Waals surface area contributed by atoms with E-state index < -0.39 is 24.3 Å². The molecule has 2 N–H and O–H groups in total. The van der Waals surface area contributed by atoms with E-state index >= 15 is 0 Å². The van der Waals surface area contributed by atoms with Gasteiger partial charge in [-0.2, -0.15) is 0 Å². The largest absolute Gasteiger partial charge is 0.452 e. The average Bonchev–Trinajstić information content (AvgIpc) is 2.55. The van der Waals surface area contributed by atoms with Crippen molar-refractivity contribution in [2.45, 2.75) is 0 Å². The Morgan fingerprint density at radius 1 is 1.17 bits per heavy atom. The lowest BCUT2D eigenvalue weighted by Gasteiger charge is -2.10. The molecular formula is C16H14ClFN2O3. The van der Waals surface area contributed by atoms with Crippen molar-refractivity contribution in [1.82, 2.24) is 0 Å². The summed E-state index contributed by atoms with van der Waals surface area (Å²) in [6.07, 6.45) is 0. The molecule has 120 valence electrons. The number of hydrogen-bond acceptors (Lipinski definition) is 4. The van der Waals surface area contributed by atoms with Crippen LogP contribution < -0.4 is 10.6 Å². The van der Waals surface area contributed by atoms with Crippen LogP contribution in [0.25, 0.3) is 0 Å². The Kier molecular flexibility index (Phi) is 5.54. The molecule has 2 rings (SSSR count). The van der Waals surface area contributed by atoms with Crippen molar-refractivity contribution in [3.63, 3.8) is 0 Å². The van der Waals surface area contributed by atoms with Crippen LogP contribution in [0.4, 0.5) is 15.8 Å². The molecule has 0 aliphatic heterocycles. The zero-order valence-corrected chi connectivity index (χ0v) is 13.0. The molecule has 0 aromatic heterocycles. The Morgan fingerprint density at radius 2 is 1.91 bits per heavy atom. The molecule has 23 heavy (non-hydrogen) atoms. The minimum absolute atomic E-state index is 0.0360. The second-order valence-electron chi connectivity index (χ2n) is 4.54. The first-order valence-electron chi connectivity index (χ1n) is 6.70. The van der Waals surface area contributed by atoms with Crippen LogP contribution in [0.5, 0.6) is 0 Å². The minimum atomic E-state index is -0.669. The first kappa shape index (κ1) is 16.8. The number of ether oxygens (including phenoxy) is 1. The molecule has 0 bridgehead atoms. The van der Waals surface area contributed by atoms with E-state index in [2.05, 4.69) is 10.6 Å². The van der Waals surface area contributed by atoms with E-state index in [0.717, 1.165) is 6.07 Å². The van der Waals surface area contributed by atoms with Gasteiger partial charge in [0.2, 0.25) is 0 Å². The zero-order chi connectivity index (χ0) is 16.8. The Hall–Kier alpha value is -2.60. The summed E-state index contributed by atoms with van der Waals surface area (Å²) >= 11 is 5.62. The van der Waals surface area contributed by atoms with Gasteiger partial charge in [0.15, 0.2) is 6.61 Å². The van der Waals surface area contributed by atoms with Crippen LogP contribution >= 0.6 is 11.6 Å². The van der Waals surface area contributed by atoms with E-state index in [4.69, 9.17) is 16.3 Å². The maximum Gasteiger partial charge on any atom is 0.340 e. The number of nitrogens with one attached hydrogen (secondary N) is 2. The number of anilines is 2. The number of carbonyl (C=O) groups excluding carboxylic acids is 2. The maximum atomic E-state index is 13.6. The standard InChI is InChI=1S/C16H14ClFN2O3/c1-19-13-5-3-2-4-11(13)16(22)23-9-15(21)20-14-7-6-10(17)8-12(14)18/h2-8,19H,9H2,1H3,(H,20,21). The Morgan fingerprint density at radius 3 is 2.61 bits per heavy atom. The van der Waals surface area contributed by atoms with Gasteiger partial charge in [-0.15, -0.1) is 0 Å². The molecule has 2 aromatic rings. The fraction of sp³-hybridized carbons (Fsp3) is 0.125. The summed E-state index contributed by atoms with van der Waals surface area (Å²) in [5.74, 6) is -1.97. The lowest BCUT2D eigenvalue weighted by Crippen LogP contribution is -2.21. The SMILES string of the molecule is CNc1ccccc1C(=O)OCC(=O)Nc1ccc(Cl)cc1F. The highest BCUT2D eigenvalue weighted by molar-refractivity contribution is 6.30. The van der Waals surface area contributed by atoms with E-state index in [1.807, 2.05) is 0 Å². The van der Waals surface area contributed by atoms with Gasteiger partial charge in [0.05, 0.1) is 11.3 Å². The summed E-state index contributed by atoms with van der Waals surface area (Å²) in [6, 6.07) is 10.6. The molecule has 0 saturated carbocycles. The third kappa shape index (κ3) is 4.43. The molecule has 0 saturated heterocycles. The number of para-hydroxylation sites is 1. The molecule has 0 aliphatic carbocycles. The molecule has 0 fully saturated rings. The highest BCUT2D eigenvalue weighted by Crippen LogP contribution is 2.19. The molecule has 0 radical (unpaired) electrons. The highest BCUT2D eigenvalue weighted by Gasteiger charge is 2.14. The minimum Gasteiger partial charge on any atom is -0.452 e. The third-order valence-electron chi connectivity index (χ3n) is 2.96. The second kappa shape index (κ2) is 7.60. The summed E-state index contributed by atoms with van der Waals surface area (Å²) < 4.78 is 18.5. The fourth-order valence-corrected chi connectivity index (χ4v) is 2.02. The Bertz CT molecular complexity index is 737. The van der Waals surface area contributed by atoms with Crippen molar-refractivity contribution in [2.24, 2.45) is 0 Å². The second-order valence-corrected chi connectivity index (χ2v) is 4.98. The monoisotopic (exact) mass is 336 g/mol. The molecule has 2 aromatic carbocycles. The molecule has 5 nitrogen and oxygen atoms in total. The summed E-state index contributed by atoms with van der Waals surface area (Å²) in [5, 5.41) is 5.38. The molecule has 1 amide bonds. The predicted molar refractivity (Wildman–Crippen MR) is 86.3 cm³/mol. The Balaban J connectivity index is 1.95. The molecule has 0 unspecified atom stereocenters. The normalized spacial score (nSPS) is 10.0. The van der Waals surface area contributed by atoms with Gasteiger partial charge in [0.1, 0.15) is 5.82 Å². The number of benzene rings is 2. The van der Waals surface area contributed by atoms with Gasteiger partial charge in [0, 0.05) is 17.8 Å². The van der Waals surface area contributed by atoms with Crippen molar-refractivity contribution in [2.75, 3.05) is 24.3 Å². The van der Waals surface area contributed by atoms with E-state index in [1.165, 1.54) is 12.1 Å². The lowest BCUT2D eigenvalue weighted by atomic mass is 10.2. The van der Waals surface area contributed by atoms with E-state index in [-0.39, 0.29) is 10.7 Å². The number of rotatable bonds is 5. The molecular weight excluding hydrogens is 323 g/mol. The quantitative estimate of drug-likeness (QED) is 0.822. The predicted octanol–water partition coefficient (Wildman–Crippen LogP) is 3.32. The molecule has 0 heterocycles. The van der Waals surface area contributed by atoms with Crippen molar-refractivity contribution in [1.29, 1.82) is 0 Å². The van der Waals surface area contributed by atoms with Crippen molar-refractivity contribution in [3.05, 3.63) is 58.9 Å². The van der Waals surface area contributed by atoms with Crippen LogP contribution in [-0.2, 0) is 9.53 Å². The first-order valence-corrected chi connectivity index (χ1v) is 7.08. The van der Waals surface area contributed by atoms with Crippen LogP contribution in [0.2, 0.25) is 5.02 Å². The van der Waals surface area contributed by atoms with Gasteiger partial charge in [-0.05, 0) is 30.3 Å². The van der Waals surface area contributed by atoms with Crippen molar-refractivity contribution >= 4 is 34.9 Å². The Labute approximate surface area is 137 Å². The van der Waals surface area contributed by atoms with E-state index in [1.54, 1.807) is 31.3 Å². The summed E-state index contributed by atoms with van der Waals surface area (Å²) in [5.41, 5.74) is 0.855. The zero-order valence-electron chi connectivity index (χ0n) is 12.2. The smallest absolute Gasteiger partial charge is 0.340 e. The number of carbonyl (C=O) groups is 2. The van der Waals surface area contributed by atoms with Gasteiger partial charge in [-0.25, -0.2) is 9.18 Å². The van der Waals surface area contributed by atoms with E-state index in [9.17, 15) is 14.0 Å². The van der Waals surface area contributed by atoms with Crippen LogP contribution in [0.3, 0.4) is 0 Å². The molecule has 7 heteroatoms.